The fraction of sp³-hybridized carbons (Fsp3) is 0.185. The van der Waals surface area contributed by atoms with Crippen LogP contribution >= 0.6 is 12.2 Å². The number of halogens is 1. The molecule has 180 valence electrons. The first-order chi connectivity index (χ1) is 17.0. The maximum Gasteiger partial charge on any atom is 0.338 e. The van der Waals surface area contributed by atoms with E-state index >= 15 is 0 Å². The van der Waals surface area contributed by atoms with Gasteiger partial charge >= 0.3 is 5.97 Å². The lowest BCUT2D eigenvalue weighted by molar-refractivity contribution is -0.136. The second kappa shape index (κ2) is 11.0. The first-order valence-corrected chi connectivity index (χ1v) is 11.5. The highest BCUT2D eigenvalue weighted by molar-refractivity contribution is 7.80. The van der Waals surface area contributed by atoms with Gasteiger partial charge in [-0.15, -0.1) is 0 Å². The number of benzene rings is 3. The van der Waals surface area contributed by atoms with E-state index in [-0.39, 0.29) is 12.4 Å². The number of esters is 1. The van der Waals surface area contributed by atoms with Crippen LogP contribution in [-0.2, 0) is 16.1 Å². The summed E-state index contributed by atoms with van der Waals surface area (Å²) >= 11 is 5.45. The van der Waals surface area contributed by atoms with E-state index in [9.17, 15) is 9.18 Å². The minimum Gasteiger partial charge on any atom is -0.490 e. The zero-order chi connectivity index (χ0) is 24.8. The number of carbonyl (C=O) groups is 1. The molecule has 1 aliphatic rings. The fourth-order valence-electron chi connectivity index (χ4n) is 3.84. The van der Waals surface area contributed by atoms with Crippen molar-refractivity contribution in [2.24, 2.45) is 0 Å². The molecular weight excluding hydrogens is 467 g/mol. The van der Waals surface area contributed by atoms with Crippen molar-refractivity contribution in [2.75, 3.05) is 13.7 Å². The quantitative estimate of drug-likeness (QED) is 0.342. The van der Waals surface area contributed by atoms with E-state index in [4.69, 9.17) is 26.4 Å². The Morgan fingerprint density at radius 2 is 1.74 bits per heavy atom. The first kappa shape index (κ1) is 24.2. The smallest absolute Gasteiger partial charge is 0.338 e. The van der Waals surface area contributed by atoms with Gasteiger partial charge in [0.25, 0.3) is 0 Å². The predicted molar refractivity (Wildman–Crippen MR) is 135 cm³/mol. The van der Waals surface area contributed by atoms with Crippen molar-refractivity contribution in [2.45, 2.75) is 19.6 Å². The molecule has 0 amide bonds. The highest BCUT2D eigenvalue weighted by Gasteiger charge is 2.33. The minimum atomic E-state index is -0.591. The van der Waals surface area contributed by atoms with E-state index in [0.29, 0.717) is 40.1 Å². The van der Waals surface area contributed by atoms with Gasteiger partial charge in [0.15, 0.2) is 16.6 Å². The molecular formula is C27H25FN2O4S. The largest absolute Gasteiger partial charge is 0.490 e. The molecule has 35 heavy (non-hydrogen) atoms. The molecule has 0 fully saturated rings. The Morgan fingerprint density at radius 3 is 2.46 bits per heavy atom. The number of carbonyl (C=O) groups excluding carboxylic acids is 1. The maximum absolute atomic E-state index is 14.0. The van der Waals surface area contributed by atoms with Crippen molar-refractivity contribution in [3.05, 3.63) is 101 Å². The molecule has 6 nitrogen and oxygen atoms in total. The second-order valence-corrected chi connectivity index (χ2v) is 8.11. The third kappa shape index (κ3) is 5.44. The van der Waals surface area contributed by atoms with Gasteiger partial charge in [-0.1, -0.05) is 54.6 Å². The summed E-state index contributed by atoms with van der Waals surface area (Å²) in [6, 6.07) is 20.6. The standard InChI is InChI=1S/C27H25FN2O4S/c1-3-33-22-15-18(13-14-21(22)34-16-19-11-7-8-12-20(19)28)25-23(26(31)32-2)24(29-27(35)30-25)17-9-5-4-6-10-17/h4-15,25H,3,16H2,1-2H3,(H2,29,30,35)/t25-/m0/s1. The Morgan fingerprint density at radius 1 is 1.00 bits per heavy atom. The van der Waals surface area contributed by atoms with Crippen molar-refractivity contribution in [1.82, 2.24) is 10.6 Å². The Hall–Kier alpha value is -3.91. The van der Waals surface area contributed by atoms with Gasteiger partial charge in [-0.05, 0) is 48.5 Å². The average Bonchev–Trinajstić information content (AvgIpc) is 2.88. The molecule has 1 aliphatic heterocycles. The lowest BCUT2D eigenvalue weighted by atomic mass is 9.92. The second-order valence-electron chi connectivity index (χ2n) is 7.70. The molecule has 0 unspecified atom stereocenters. The van der Waals surface area contributed by atoms with E-state index in [0.717, 1.165) is 11.1 Å². The Balaban J connectivity index is 1.72. The van der Waals surface area contributed by atoms with Crippen molar-refractivity contribution >= 4 is 29.0 Å². The number of thiocarbonyl (C=S) groups is 1. The van der Waals surface area contributed by atoms with Crippen LogP contribution in [0.15, 0.2) is 78.4 Å². The highest BCUT2D eigenvalue weighted by Crippen LogP contribution is 2.37. The van der Waals surface area contributed by atoms with Gasteiger partial charge in [0.05, 0.1) is 31.0 Å². The Labute approximate surface area is 208 Å². The van der Waals surface area contributed by atoms with Crippen LogP contribution in [0, 0.1) is 5.82 Å². The molecule has 1 heterocycles. The zero-order valence-electron chi connectivity index (χ0n) is 19.3. The van der Waals surface area contributed by atoms with Crippen LogP contribution in [-0.4, -0.2) is 24.8 Å². The number of ether oxygens (including phenoxy) is 3. The number of hydrogen-bond donors (Lipinski definition) is 2. The van der Waals surface area contributed by atoms with Crippen LogP contribution in [0.25, 0.3) is 5.70 Å². The molecule has 0 saturated carbocycles. The SMILES string of the molecule is CCOc1cc([C@@H]2NC(=S)NC(c3ccccc3)=C2C(=O)OC)ccc1OCc1ccccc1F. The molecule has 1 atom stereocenters. The van der Waals surface area contributed by atoms with E-state index in [2.05, 4.69) is 10.6 Å². The summed E-state index contributed by atoms with van der Waals surface area (Å²) in [5, 5.41) is 6.64. The predicted octanol–water partition coefficient (Wildman–Crippen LogP) is 4.91. The average molecular weight is 493 g/mol. The molecule has 0 saturated heterocycles. The molecule has 3 aromatic carbocycles. The normalized spacial score (nSPS) is 15.2. The Bertz CT molecular complexity index is 1260. The van der Waals surface area contributed by atoms with Gasteiger partial charge < -0.3 is 24.8 Å². The van der Waals surface area contributed by atoms with Crippen LogP contribution in [0.5, 0.6) is 11.5 Å². The summed E-state index contributed by atoms with van der Waals surface area (Å²) in [7, 11) is 1.34. The van der Waals surface area contributed by atoms with E-state index < -0.39 is 12.0 Å². The summed E-state index contributed by atoms with van der Waals surface area (Å²) in [5.74, 6) is 0.102. The molecule has 8 heteroatoms. The number of rotatable bonds is 8. The van der Waals surface area contributed by atoms with Crippen molar-refractivity contribution in [1.29, 1.82) is 0 Å². The molecule has 2 N–H and O–H groups in total. The molecule has 0 aliphatic carbocycles. The molecule has 3 aromatic rings. The van der Waals surface area contributed by atoms with Gasteiger partial charge in [0.1, 0.15) is 12.4 Å². The van der Waals surface area contributed by atoms with E-state index in [1.807, 2.05) is 43.3 Å². The summed E-state index contributed by atoms with van der Waals surface area (Å²) in [5.41, 5.74) is 2.92. The molecule has 0 spiro atoms. The lowest BCUT2D eigenvalue weighted by Crippen LogP contribution is -2.45. The fourth-order valence-corrected chi connectivity index (χ4v) is 4.06. The molecule has 0 bridgehead atoms. The Kier molecular flexibility index (Phi) is 7.62. The third-order valence-electron chi connectivity index (χ3n) is 5.48. The van der Waals surface area contributed by atoms with Crippen LogP contribution in [0.4, 0.5) is 4.39 Å². The topological polar surface area (TPSA) is 68.8 Å². The van der Waals surface area contributed by atoms with Crippen LogP contribution < -0.4 is 20.1 Å². The maximum atomic E-state index is 14.0. The van der Waals surface area contributed by atoms with Gasteiger partial charge in [0, 0.05) is 5.56 Å². The lowest BCUT2D eigenvalue weighted by Gasteiger charge is -2.31. The van der Waals surface area contributed by atoms with Gasteiger partial charge in [-0.2, -0.15) is 0 Å². The van der Waals surface area contributed by atoms with Crippen LogP contribution in [0.2, 0.25) is 0 Å². The number of nitrogens with one attached hydrogen (secondary N) is 2. The van der Waals surface area contributed by atoms with Gasteiger partial charge in [0.2, 0.25) is 0 Å². The van der Waals surface area contributed by atoms with Crippen molar-refractivity contribution in [3.63, 3.8) is 0 Å². The van der Waals surface area contributed by atoms with Gasteiger partial charge in [-0.25, -0.2) is 9.18 Å². The molecule has 0 aromatic heterocycles. The van der Waals surface area contributed by atoms with Crippen LogP contribution in [0.3, 0.4) is 0 Å². The minimum absolute atomic E-state index is 0.0489. The van der Waals surface area contributed by atoms with E-state index in [1.165, 1.54) is 13.2 Å². The molecule has 4 rings (SSSR count). The number of methoxy groups -OCH3 is 1. The van der Waals surface area contributed by atoms with Gasteiger partial charge in [-0.3, -0.25) is 0 Å². The molecule has 0 radical (unpaired) electrons. The highest BCUT2D eigenvalue weighted by atomic mass is 32.1. The monoisotopic (exact) mass is 492 g/mol. The number of hydrogen-bond acceptors (Lipinski definition) is 5. The third-order valence-corrected chi connectivity index (χ3v) is 5.70. The zero-order valence-corrected chi connectivity index (χ0v) is 20.2. The summed E-state index contributed by atoms with van der Waals surface area (Å²) < 4.78 is 30.8. The van der Waals surface area contributed by atoms with Crippen LogP contribution in [0.1, 0.15) is 29.7 Å². The van der Waals surface area contributed by atoms with Crippen molar-refractivity contribution in [3.8, 4) is 11.5 Å². The van der Waals surface area contributed by atoms with Crippen molar-refractivity contribution < 1.29 is 23.4 Å². The summed E-state index contributed by atoms with van der Waals surface area (Å²) in [6.45, 7) is 2.30. The summed E-state index contributed by atoms with van der Waals surface area (Å²) in [6.07, 6.45) is 0. The van der Waals surface area contributed by atoms with E-state index in [1.54, 1.807) is 30.3 Å². The summed E-state index contributed by atoms with van der Waals surface area (Å²) in [4.78, 5) is 12.9. The first-order valence-electron chi connectivity index (χ1n) is 11.1.